The quantitative estimate of drug-likeness (QED) is 0.0295. The van der Waals surface area contributed by atoms with Crippen LogP contribution in [0.1, 0.15) is 75.0 Å². The number of fused-ring (bicyclic) bond motifs is 1. The second-order valence-electron chi connectivity index (χ2n) is 18.6. The molecule has 7 rings (SSSR count). The van der Waals surface area contributed by atoms with Crippen molar-refractivity contribution in [3.05, 3.63) is 120 Å². The average Bonchev–Trinajstić information content (AvgIpc) is 4.18. The van der Waals surface area contributed by atoms with Crippen molar-refractivity contribution in [2.75, 3.05) is 32.6 Å². The third-order valence-electron chi connectivity index (χ3n) is 12.5. The molecule has 2 unspecified atom stereocenters. The number of nitrogens with zero attached hydrogens (tertiary/aromatic N) is 7. The highest BCUT2D eigenvalue weighted by Crippen LogP contribution is 2.31. The summed E-state index contributed by atoms with van der Waals surface area (Å²) in [5, 5.41) is 15.2. The van der Waals surface area contributed by atoms with Gasteiger partial charge in [-0.05, 0) is 98.7 Å². The van der Waals surface area contributed by atoms with Crippen LogP contribution in [-0.4, -0.2) is 120 Å². The van der Waals surface area contributed by atoms with E-state index in [0.717, 1.165) is 16.2 Å². The zero-order chi connectivity index (χ0) is 55.0. The molecule has 404 valence electrons. The fourth-order valence-electron chi connectivity index (χ4n) is 8.47. The lowest BCUT2D eigenvalue weighted by molar-refractivity contribution is -0.137. The number of H-pyrrole nitrogens is 1. The molecular weight excluding hydrogens is 991 g/mol. The summed E-state index contributed by atoms with van der Waals surface area (Å²) < 4.78 is 18.8. The lowest BCUT2D eigenvalue weighted by Crippen LogP contribution is -2.54. The summed E-state index contributed by atoms with van der Waals surface area (Å²) in [6, 6.07) is 18.5. The van der Waals surface area contributed by atoms with Crippen molar-refractivity contribution in [2.24, 2.45) is 11.7 Å². The molecule has 1 aliphatic rings. The van der Waals surface area contributed by atoms with Crippen molar-refractivity contribution < 1.29 is 47.8 Å². The smallest absolute Gasteiger partial charge is 0.410 e. The second-order valence-corrected chi connectivity index (χ2v) is 18.6. The number of benzene rings is 2. The summed E-state index contributed by atoms with van der Waals surface area (Å²) in [7, 11) is 3.08. The molecule has 77 heavy (non-hydrogen) atoms. The third-order valence-corrected chi connectivity index (χ3v) is 12.5. The molecule has 0 aliphatic carbocycles. The van der Waals surface area contributed by atoms with Crippen molar-refractivity contribution in [2.45, 2.75) is 91.1 Å². The van der Waals surface area contributed by atoms with Gasteiger partial charge in [-0.3, -0.25) is 38.8 Å². The lowest BCUT2D eigenvalue weighted by Gasteiger charge is -2.25. The number of primary amides is 1. The average molecular weight is 1050 g/mol. The van der Waals surface area contributed by atoms with Crippen LogP contribution in [0.3, 0.4) is 0 Å². The number of nitrogens with one attached hydrogen (secondary N) is 5. The molecule has 23 heteroatoms. The van der Waals surface area contributed by atoms with Crippen molar-refractivity contribution in [3.8, 4) is 34.1 Å². The number of methoxy groups -OCH3 is 2. The number of hydrogen-bond acceptors (Lipinski definition) is 14. The lowest BCUT2D eigenvalue weighted by atomic mass is 10.0. The predicted octanol–water partition coefficient (Wildman–Crippen LogP) is 5.34. The van der Waals surface area contributed by atoms with Crippen LogP contribution in [0, 0.1) is 12.8 Å². The number of ether oxygens (including phenoxy) is 3. The summed E-state index contributed by atoms with van der Waals surface area (Å²) in [4.78, 5) is 110. The second kappa shape index (κ2) is 26.4. The van der Waals surface area contributed by atoms with E-state index >= 15 is 0 Å². The first-order valence-corrected chi connectivity index (χ1v) is 25.1. The predicted molar refractivity (Wildman–Crippen MR) is 282 cm³/mol. The largest absolute Gasteiger partial charge is 0.497 e. The van der Waals surface area contributed by atoms with Gasteiger partial charge in [0.1, 0.15) is 42.3 Å². The molecule has 6 aromatic rings. The highest BCUT2D eigenvalue weighted by Gasteiger charge is 2.30. The number of urea groups is 1. The molecule has 7 N–H and O–H groups in total. The minimum absolute atomic E-state index is 0.0256. The summed E-state index contributed by atoms with van der Waals surface area (Å²) in [5.74, 6) is -1.05. The van der Waals surface area contributed by atoms with Gasteiger partial charge < -0.3 is 46.2 Å². The molecular formula is C54H63N13O10. The van der Waals surface area contributed by atoms with Crippen molar-refractivity contribution in [1.82, 2.24) is 55.3 Å². The van der Waals surface area contributed by atoms with E-state index in [2.05, 4.69) is 36.3 Å². The van der Waals surface area contributed by atoms with E-state index in [1.165, 1.54) is 30.5 Å². The van der Waals surface area contributed by atoms with Crippen LogP contribution in [-0.2, 0) is 48.4 Å². The Hall–Kier alpha value is -9.15. The Morgan fingerprint density at radius 3 is 2.34 bits per heavy atom. The molecule has 4 aromatic heterocycles. The van der Waals surface area contributed by atoms with E-state index in [1.807, 2.05) is 43.5 Å². The molecule has 8 amide bonds. The Labute approximate surface area is 444 Å². The maximum atomic E-state index is 14.3. The first-order chi connectivity index (χ1) is 37.1. The molecule has 2 aromatic carbocycles. The third kappa shape index (κ3) is 15.2. The van der Waals surface area contributed by atoms with Crippen molar-refractivity contribution >= 4 is 53.0 Å². The van der Waals surface area contributed by atoms with Gasteiger partial charge in [0.2, 0.25) is 17.7 Å². The van der Waals surface area contributed by atoms with Crippen LogP contribution in [0.2, 0.25) is 0 Å². The Balaban J connectivity index is 1.01. The molecule has 0 saturated carbocycles. The zero-order valence-electron chi connectivity index (χ0n) is 43.5. The number of hydrogen-bond donors (Lipinski definition) is 6. The molecule has 2 atom stereocenters. The fourth-order valence-corrected chi connectivity index (χ4v) is 8.47. The van der Waals surface area contributed by atoms with E-state index < -0.39 is 36.0 Å². The van der Waals surface area contributed by atoms with Crippen LogP contribution in [0.15, 0.2) is 97.5 Å². The Morgan fingerprint density at radius 2 is 1.62 bits per heavy atom. The first-order valence-electron chi connectivity index (χ1n) is 25.1. The number of aromatic amines is 1. The molecule has 5 heterocycles. The van der Waals surface area contributed by atoms with Crippen LogP contribution < -0.4 is 36.5 Å². The number of unbranched alkanes of at least 4 members (excludes halogenated alkanes) is 2. The normalized spacial score (nSPS) is 12.8. The van der Waals surface area contributed by atoms with Gasteiger partial charge >= 0.3 is 12.1 Å². The summed E-state index contributed by atoms with van der Waals surface area (Å²) in [5.41, 5.74) is 10.9. The number of imide groups is 1. The number of pyridine rings is 2. The maximum Gasteiger partial charge on any atom is 0.410 e. The van der Waals surface area contributed by atoms with Gasteiger partial charge in [-0.2, -0.15) is 5.10 Å². The summed E-state index contributed by atoms with van der Waals surface area (Å²) >= 11 is 0. The van der Waals surface area contributed by atoms with E-state index in [4.69, 9.17) is 29.9 Å². The van der Waals surface area contributed by atoms with Crippen LogP contribution >= 0.6 is 0 Å². The summed E-state index contributed by atoms with van der Waals surface area (Å²) in [6.07, 6.45) is 7.12. The Kier molecular flexibility index (Phi) is 19.0. The maximum absolute atomic E-state index is 14.3. The Bertz CT molecular complexity index is 3100. The number of nitrogens with two attached hydrogens (primary N) is 1. The number of aromatic nitrogens is 6. The number of anilines is 1. The molecule has 1 aliphatic heterocycles. The van der Waals surface area contributed by atoms with E-state index in [9.17, 15) is 33.6 Å². The standard InChI is InChI=1S/C54H63N13O10/c1-33(2)48(64-45(68)14-7-6-8-26-66-46(69)23-24-47(66)70)52(72)61-41(13-10-25-56-53(55)73)51(71)60-38-18-15-35(16-19-38)31-77-54(74)65(28-37-27-39(75-4)20-21-42(37)76-5)30-43-62-49(36-17-22-44-57-32-58-67(44)29-36)50(63-43)40-12-9-11-34(3)59-40/h9,11-12,15-24,27,29,32-33,41,48H,6-8,10,13-14,25-26,28,30-31H2,1-5H3,(H,60,71)(H,61,72)(H,62,63)(H,64,68)(H3,55,56,73). The van der Waals surface area contributed by atoms with E-state index in [0.29, 0.717) is 76.1 Å². The molecule has 0 bridgehead atoms. The van der Waals surface area contributed by atoms with Crippen LogP contribution in [0.25, 0.3) is 28.3 Å². The van der Waals surface area contributed by atoms with Gasteiger partial charge in [-0.15, -0.1) is 0 Å². The molecule has 0 fully saturated rings. The molecule has 0 saturated heterocycles. The topological polar surface area (TPSA) is 300 Å². The SMILES string of the molecule is COc1ccc(OC)c(CN(Cc2nc(-c3ccc4ncnn4c3)c(-c3cccc(C)n3)[nH]2)C(=O)OCc2ccc(NC(=O)C(CCCNC(N)=O)NC(=O)C(NC(=O)CCCCCN3C(=O)C=CC3=O)C(C)C)cc2)c1. The number of amides is 8. The minimum atomic E-state index is -1.08. The van der Waals surface area contributed by atoms with E-state index in [1.54, 1.807) is 67.9 Å². The van der Waals surface area contributed by atoms with E-state index in [-0.39, 0.29) is 75.7 Å². The van der Waals surface area contributed by atoms with Gasteiger partial charge in [0, 0.05) is 60.4 Å². The number of aryl methyl sites for hydroxylation is 1. The van der Waals surface area contributed by atoms with Gasteiger partial charge in [-0.1, -0.05) is 38.5 Å². The molecule has 0 spiro atoms. The van der Waals surface area contributed by atoms with Crippen LogP contribution in [0.4, 0.5) is 15.3 Å². The van der Waals surface area contributed by atoms with Gasteiger partial charge in [-0.25, -0.2) is 24.1 Å². The van der Waals surface area contributed by atoms with Crippen molar-refractivity contribution in [1.29, 1.82) is 0 Å². The number of carbonyl (C=O) groups excluding carboxylic acids is 7. The first kappa shape index (κ1) is 55.6. The highest BCUT2D eigenvalue weighted by atomic mass is 16.6. The van der Waals surface area contributed by atoms with Gasteiger partial charge in [0.05, 0.1) is 44.4 Å². The fraction of sp³-hybridized carbons (Fsp3) is 0.352. The van der Waals surface area contributed by atoms with Gasteiger partial charge in [0.15, 0.2) is 5.65 Å². The highest BCUT2D eigenvalue weighted by molar-refractivity contribution is 6.12. The van der Waals surface area contributed by atoms with Crippen LogP contribution in [0.5, 0.6) is 11.5 Å². The van der Waals surface area contributed by atoms with Gasteiger partial charge in [0.25, 0.3) is 11.8 Å². The number of rotatable bonds is 26. The zero-order valence-corrected chi connectivity index (χ0v) is 43.5. The minimum Gasteiger partial charge on any atom is -0.497 e. The van der Waals surface area contributed by atoms with Crippen molar-refractivity contribution in [3.63, 3.8) is 0 Å². The molecule has 0 radical (unpaired) electrons. The monoisotopic (exact) mass is 1050 g/mol. The summed E-state index contributed by atoms with van der Waals surface area (Å²) in [6.45, 7) is 5.68. The molecule has 23 nitrogen and oxygen atoms in total. The number of carbonyl (C=O) groups is 7. The Morgan fingerprint density at radius 1 is 0.844 bits per heavy atom. The number of imidazole rings is 1.